The van der Waals surface area contributed by atoms with Gasteiger partial charge >= 0.3 is 6.18 Å². The molecular formula is C18H16F3NO2. The maximum atomic E-state index is 13.3. The van der Waals surface area contributed by atoms with E-state index in [0.29, 0.717) is 11.4 Å². The van der Waals surface area contributed by atoms with Crippen molar-refractivity contribution in [2.75, 3.05) is 12.0 Å². The molecule has 126 valence electrons. The van der Waals surface area contributed by atoms with Gasteiger partial charge in [-0.05, 0) is 31.2 Å². The summed E-state index contributed by atoms with van der Waals surface area (Å²) in [5.74, 6) is 0.0266. The predicted molar refractivity (Wildman–Crippen MR) is 84.6 cm³/mol. The van der Waals surface area contributed by atoms with Crippen LogP contribution in [0.25, 0.3) is 0 Å². The number of rotatable bonds is 4. The molecule has 3 nitrogen and oxygen atoms in total. The summed E-state index contributed by atoms with van der Waals surface area (Å²) in [6.07, 6.45) is -4.47. The molecule has 0 bridgehead atoms. The van der Waals surface area contributed by atoms with E-state index >= 15 is 0 Å². The van der Waals surface area contributed by atoms with Crippen LogP contribution in [0.4, 0.5) is 18.9 Å². The van der Waals surface area contributed by atoms with Crippen LogP contribution in [0.1, 0.15) is 15.9 Å². The second-order valence-electron chi connectivity index (χ2n) is 5.77. The van der Waals surface area contributed by atoms with Crippen molar-refractivity contribution in [3.8, 4) is 5.75 Å². The molecule has 0 spiro atoms. The number of alkyl halides is 3. The summed E-state index contributed by atoms with van der Waals surface area (Å²) < 4.78 is 44.9. The van der Waals surface area contributed by atoms with Gasteiger partial charge in [-0.1, -0.05) is 29.8 Å². The van der Waals surface area contributed by atoms with Gasteiger partial charge in [0, 0.05) is 11.3 Å². The van der Waals surface area contributed by atoms with Crippen molar-refractivity contribution in [3.63, 3.8) is 0 Å². The van der Waals surface area contributed by atoms with Gasteiger partial charge in [0.1, 0.15) is 11.8 Å². The zero-order valence-corrected chi connectivity index (χ0v) is 13.2. The lowest BCUT2D eigenvalue weighted by molar-refractivity contribution is -0.127. The molecule has 1 aliphatic rings. The number of carbonyl (C=O) groups is 1. The van der Waals surface area contributed by atoms with Crippen molar-refractivity contribution < 1.29 is 22.7 Å². The third kappa shape index (κ3) is 2.96. The minimum atomic E-state index is -4.47. The third-order valence-electron chi connectivity index (χ3n) is 4.12. The van der Waals surface area contributed by atoms with Crippen LogP contribution in [-0.2, 0) is 0 Å². The van der Waals surface area contributed by atoms with Crippen molar-refractivity contribution >= 4 is 11.5 Å². The van der Waals surface area contributed by atoms with Gasteiger partial charge < -0.3 is 9.64 Å². The highest BCUT2D eigenvalue weighted by Gasteiger charge is 2.66. The van der Waals surface area contributed by atoms with Gasteiger partial charge in [0.25, 0.3) is 0 Å². The lowest BCUT2D eigenvalue weighted by atomic mass is 10.0. The SMILES string of the molecule is COc1ccc(N2[C@H](C(=O)c3ccc(C)cc3)[C@@H]2C(F)(F)F)cc1. The van der Waals surface area contributed by atoms with Crippen LogP contribution in [0.3, 0.4) is 0 Å². The van der Waals surface area contributed by atoms with E-state index in [-0.39, 0.29) is 5.56 Å². The molecule has 0 radical (unpaired) electrons. The Morgan fingerprint density at radius 3 is 2.12 bits per heavy atom. The minimum absolute atomic E-state index is 0.288. The molecule has 0 N–H and O–H groups in total. The highest BCUT2D eigenvalue weighted by molar-refractivity contribution is 6.06. The fraction of sp³-hybridized carbons (Fsp3) is 0.278. The summed E-state index contributed by atoms with van der Waals surface area (Å²) in [6.45, 7) is 1.85. The Kier molecular flexibility index (Phi) is 3.99. The lowest BCUT2D eigenvalue weighted by Gasteiger charge is -2.09. The molecular weight excluding hydrogens is 319 g/mol. The predicted octanol–water partition coefficient (Wildman–Crippen LogP) is 4.01. The molecule has 0 aliphatic carbocycles. The molecule has 24 heavy (non-hydrogen) atoms. The van der Waals surface area contributed by atoms with E-state index in [0.717, 1.165) is 10.5 Å². The van der Waals surface area contributed by atoms with Gasteiger partial charge in [0.2, 0.25) is 0 Å². The number of carbonyl (C=O) groups excluding carboxylic acids is 1. The monoisotopic (exact) mass is 335 g/mol. The van der Waals surface area contributed by atoms with E-state index in [9.17, 15) is 18.0 Å². The molecule has 3 rings (SSSR count). The van der Waals surface area contributed by atoms with Crippen molar-refractivity contribution in [3.05, 3.63) is 59.7 Å². The van der Waals surface area contributed by atoms with Crippen LogP contribution in [0.15, 0.2) is 48.5 Å². The van der Waals surface area contributed by atoms with Crippen LogP contribution in [0.2, 0.25) is 0 Å². The summed E-state index contributed by atoms with van der Waals surface area (Å²) in [6, 6.07) is 9.76. The largest absolute Gasteiger partial charge is 0.497 e. The topological polar surface area (TPSA) is 29.3 Å². The van der Waals surface area contributed by atoms with Gasteiger partial charge in [0.15, 0.2) is 11.8 Å². The molecule has 1 fully saturated rings. The number of anilines is 1. The zero-order valence-electron chi connectivity index (χ0n) is 13.2. The Morgan fingerprint density at radius 1 is 1.04 bits per heavy atom. The number of halogens is 3. The number of methoxy groups -OCH3 is 1. The summed E-state index contributed by atoms with van der Waals surface area (Å²) >= 11 is 0. The molecule has 1 heterocycles. The van der Waals surface area contributed by atoms with E-state index in [4.69, 9.17) is 4.74 Å². The number of aryl methyl sites for hydroxylation is 1. The molecule has 2 aromatic carbocycles. The summed E-state index contributed by atoms with van der Waals surface area (Å²) in [4.78, 5) is 13.6. The van der Waals surface area contributed by atoms with E-state index in [2.05, 4.69) is 0 Å². The standard InChI is InChI=1S/C18H16F3NO2/c1-11-3-5-12(6-4-11)16(23)15-17(18(19,20)21)22(15)13-7-9-14(24-2)10-8-13/h3-10,15,17H,1-2H3/t15-,17-,22?/m1/s1. The highest BCUT2D eigenvalue weighted by atomic mass is 19.4. The van der Waals surface area contributed by atoms with Gasteiger partial charge in [-0.3, -0.25) is 4.79 Å². The minimum Gasteiger partial charge on any atom is -0.497 e. The number of ketones is 1. The van der Waals surface area contributed by atoms with Crippen LogP contribution in [-0.4, -0.2) is 31.2 Å². The maximum absolute atomic E-state index is 13.3. The first-order valence-electron chi connectivity index (χ1n) is 7.43. The quantitative estimate of drug-likeness (QED) is 0.625. The Bertz CT molecular complexity index is 738. The van der Waals surface area contributed by atoms with Crippen LogP contribution in [0.5, 0.6) is 5.75 Å². The van der Waals surface area contributed by atoms with Crippen molar-refractivity contribution in [2.24, 2.45) is 0 Å². The summed E-state index contributed by atoms with van der Waals surface area (Å²) in [5.41, 5.74) is 1.58. The Balaban J connectivity index is 1.89. The zero-order chi connectivity index (χ0) is 17.5. The van der Waals surface area contributed by atoms with Crippen molar-refractivity contribution in [1.82, 2.24) is 0 Å². The lowest BCUT2D eigenvalue weighted by Crippen LogP contribution is -2.23. The average Bonchev–Trinajstić information content (AvgIpc) is 3.31. The second kappa shape index (κ2) is 5.85. The van der Waals surface area contributed by atoms with Crippen molar-refractivity contribution in [2.45, 2.75) is 25.2 Å². The summed E-state index contributed by atoms with van der Waals surface area (Å²) in [5, 5.41) is 0. The number of hydrogen-bond donors (Lipinski definition) is 0. The number of benzene rings is 2. The molecule has 0 aromatic heterocycles. The number of Topliss-reactive ketones (excluding diaryl/α,β-unsaturated/α-hetero) is 1. The Hall–Kier alpha value is -2.50. The Morgan fingerprint density at radius 2 is 1.62 bits per heavy atom. The molecule has 0 unspecified atom stereocenters. The second-order valence-corrected chi connectivity index (χ2v) is 5.77. The molecule has 0 saturated carbocycles. The number of nitrogens with zero attached hydrogens (tertiary/aromatic N) is 1. The third-order valence-corrected chi connectivity index (χ3v) is 4.12. The Labute approximate surface area is 137 Å². The van der Waals surface area contributed by atoms with Crippen LogP contribution < -0.4 is 9.64 Å². The van der Waals surface area contributed by atoms with E-state index in [1.54, 1.807) is 36.4 Å². The van der Waals surface area contributed by atoms with Gasteiger partial charge in [-0.25, -0.2) is 0 Å². The molecule has 2 atom stereocenters. The van der Waals surface area contributed by atoms with Crippen LogP contribution >= 0.6 is 0 Å². The fourth-order valence-electron chi connectivity index (χ4n) is 2.80. The van der Waals surface area contributed by atoms with Gasteiger partial charge in [-0.15, -0.1) is 0 Å². The molecule has 6 heteroatoms. The first-order chi connectivity index (χ1) is 11.3. The smallest absolute Gasteiger partial charge is 0.411 e. The normalized spacial score (nSPS) is 20.0. The van der Waals surface area contributed by atoms with Gasteiger partial charge in [0.05, 0.1) is 7.11 Å². The average molecular weight is 335 g/mol. The first-order valence-corrected chi connectivity index (χ1v) is 7.43. The highest BCUT2D eigenvalue weighted by Crippen LogP contribution is 2.46. The van der Waals surface area contributed by atoms with Gasteiger partial charge in [-0.2, -0.15) is 13.2 Å². The molecule has 1 aliphatic heterocycles. The fourth-order valence-corrected chi connectivity index (χ4v) is 2.80. The van der Waals surface area contributed by atoms with E-state index in [1.165, 1.54) is 19.2 Å². The first kappa shape index (κ1) is 16.4. The van der Waals surface area contributed by atoms with E-state index in [1.807, 2.05) is 6.92 Å². The maximum Gasteiger partial charge on any atom is 0.411 e. The van der Waals surface area contributed by atoms with Crippen LogP contribution in [0, 0.1) is 6.92 Å². The molecule has 2 aromatic rings. The van der Waals surface area contributed by atoms with Crippen molar-refractivity contribution in [1.29, 1.82) is 0 Å². The molecule has 1 saturated heterocycles. The van der Waals surface area contributed by atoms with E-state index < -0.39 is 24.0 Å². The summed E-state index contributed by atoms with van der Waals surface area (Å²) in [7, 11) is 1.48. The number of ether oxygens (including phenoxy) is 1. The molecule has 0 amide bonds. The number of hydrogen-bond acceptors (Lipinski definition) is 3.